The second-order valence-electron chi connectivity index (χ2n) is 7.81. The molecule has 0 amide bonds. The van der Waals surface area contributed by atoms with E-state index in [1.54, 1.807) is 0 Å². The third-order valence-electron chi connectivity index (χ3n) is 5.28. The number of fused-ring (bicyclic) bond motifs is 1. The molecule has 158 valence electrons. The largest absolute Gasteiger partial charge is 0.491 e. The second-order valence-corrected chi connectivity index (χ2v) is 7.81. The monoisotopic (exact) mass is 407 g/mol. The number of aryl methyl sites for hydroxylation is 1. The van der Waals surface area contributed by atoms with Crippen molar-refractivity contribution in [2.24, 2.45) is 0 Å². The van der Waals surface area contributed by atoms with Gasteiger partial charge in [0.05, 0.1) is 6.54 Å². The van der Waals surface area contributed by atoms with E-state index in [0.717, 1.165) is 42.5 Å². The Morgan fingerprint density at radius 1 is 1.17 bits per heavy atom. The Labute approximate surface area is 177 Å². The van der Waals surface area contributed by atoms with E-state index in [0.29, 0.717) is 19.6 Å². The van der Waals surface area contributed by atoms with Gasteiger partial charge >= 0.3 is 0 Å². The molecule has 1 aromatic heterocycles. The number of hydrogen-bond acceptors (Lipinski definition) is 6. The van der Waals surface area contributed by atoms with Crippen molar-refractivity contribution in [3.05, 3.63) is 76.9 Å². The standard InChI is InChI=1S/C23H29N5O2/c1-17-25-23(27-26-17)13-24-12-18-5-4-8-22(11-18)30-16-21(29)15-28-10-9-19-6-2-3-7-20(19)14-28/h2-8,11,21,24,29H,9-10,12-16H2,1H3,(H,25,26,27). The first-order valence-electron chi connectivity index (χ1n) is 10.4. The molecule has 0 aliphatic carbocycles. The van der Waals surface area contributed by atoms with Crippen molar-refractivity contribution in [3.8, 4) is 5.75 Å². The predicted octanol–water partition coefficient (Wildman–Crippen LogP) is 2.20. The maximum atomic E-state index is 10.5. The number of aliphatic hydroxyl groups excluding tert-OH is 1. The quantitative estimate of drug-likeness (QED) is 0.504. The van der Waals surface area contributed by atoms with Crippen LogP contribution in [0.4, 0.5) is 0 Å². The Morgan fingerprint density at radius 3 is 2.87 bits per heavy atom. The molecule has 2 aromatic carbocycles. The molecule has 7 nitrogen and oxygen atoms in total. The molecule has 1 aliphatic heterocycles. The fraction of sp³-hybridized carbons (Fsp3) is 0.391. The van der Waals surface area contributed by atoms with Gasteiger partial charge in [0.15, 0.2) is 5.82 Å². The first-order chi connectivity index (χ1) is 14.7. The zero-order valence-electron chi connectivity index (χ0n) is 17.3. The summed E-state index contributed by atoms with van der Waals surface area (Å²) < 4.78 is 5.85. The minimum absolute atomic E-state index is 0.283. The van der Waals surface area contributed by atoms with Gasteiger partial charge in [-0.05, 0) is 42.2 Å². The van der Waals surface area contributed by atoms with Gasteiger partial charge in [-0.15, -0.1) is 0 Å². The highest BCUT2D eigenvalue weighted by atomic mass is 16.5. The molecule has 4 rings (SSSR count). The van der Waals surface area contributed by atoms with Crippen LogP contribution in [0.2, 0.25) is 0 Å². The Balaban J connectivity index is 1.21. The number of aromatic amines is 1. The van der Waals surface area contributed by atoms with Crippen molar-refractivity contribution >= 4 is 0 Å². The summed E-state index contributed by atoms with van der Waals surface area (Å²) in [5.74, 6) is 2.34. The van der Waals surface area contributed by atoms with Gasteiger partial charge in [-0.1, -0.05) is 36.4 Å². The lowest BCUT2D eigenvalue weighted by Crippen LogP contribution is -2.38. The van der Waals surface area contributed by atoms with Crippen LogP contribution in [-0.2, 0) is 26.1 Å². The molecule has 3 aromatic rings. The Hall–Kier alpha value is -2.74. The van der Waals surface area contributed by atoms with E-state index >= 15 is 0 Å². The van der Waals surface area contributed by atoms with Crippen molar-refractivity contribution in [2.45, 2.75) is 39.1 Å². The van der Waals surface area contributed by atoms with E-state index < -0.39 is 6.10 Å². The molecular formula is C23H29N5O2. The number of aliphatic hydroxyl groups is 1. The minimum Gasteiger partial charge on any atom is -0.491 e. The molecule has 1 unspecified atom stereocenters. The zero-order valence-corrected chi connectivity index (χ0v) is 17.3. The van der Waals surface area contributed by atoms with Crippen LogP contribution in [-0.4, -0.2) is 51.0 Å². The summed E-state index contributed by atoms with van der Waals surface area (Å²) in [5, 5.41) is 20.7. The number of benzene rings is 2. The minimum atomic E-state index is -0.522. The molecular weight excluding hydrogens is 378 g/mol. The fourth-order valence-corrected chi connectivity index (χ4v) is 3.79. The predicted molar refractivity (Wildman–Crippen MR) is 115 cm³/mol. The van der Waals surface area contributed by atoms with Crippen LogP contribution in [0.1, 0.15) is 28.3 Å². The van der Waals surface area contributed by atoms with Crippen LogP contribution < -0.4 is 10.1 Å². The average molecular weight is 408 g/mol. The van der Waals surface area contributed by atoms with Crippen molar-refractivity contribution < 1.29 is 9.84 Å². The molecule has 7 heteroatoms. The van der Waals surface area contributed by atoms with Crippen LogP contribution in [0.25, 0.3) is 0 Å². The Kier molecular flexibility index (Phi) is 6.74. The van der Waals surface area contributed by atoms with Gasteiger partial charge in [-0.2, -0.15) is 5.10 Å². The van der Waals surface area contributed by atoms with Crippen molar-refractivity contribution in [2.75, 3.05) is 19.7 Å². The molecule has 3 N–H and O–H groups in total. The number of ether oxygens (including phenoxy) is 1. The lowest BCUT2D eigenvalue weighted by Gasteiger charge is -2.30. The first kappa shape index (κ1) is 20.5. The van der Waals surface area contributed by atoms with Gasteiger partial charge in [0.1, 0.15) is 24.3 Å². The second kappa shape index (κ2) is 9.84. The van der Waals surface area contributed by atoms with Gasteiger partial charge in [0.2, 0.25) is 0 Å². The van der Waals surface area contributed by atoms with Gasteiger partial charge in [0.25, 0.3) is 0 Å². The summed E-state index contributed by atoms with van der Waals surface area (Å²) in [6, 6.07) is 16.5. The van der Waals surface area contributed by atoms with E-state index in [4.69, 9.17) is 4.74 Å². The van der Waals surface area contributed by atoms with Crippen molar-refractivity contribution in [3.63, 3.8) is 0 Å². The number of H-pyrrole nitrogens is 1. The lowest BCUT2D eigenvalue weighted by atomic mass is 10.00. The molecule has 0 bridgehead atoms. The maximum Gasteiger partial charge on any atom is 0.164 e. The summed E-state index contributed by atoms with van der Waals surface area (Å²) in [5.41, 5.74) is 3.89. The van der Waals surface area contributed by atoms with Gasteiger partial charge in [-0.3, -0.25) is 10.00 Å². The van der Waals surface area contributed by atoms with E-state index in [1.807, 2.05) is 31.2 Å². The summed E-state index contributed by atoms with van der Waals surface area (Å²) in [6.45, 7) is 5.94. The average Bonchev–Trinajstić information content (AvgIpc) is 3.17. The van der Waals surface area contributed by atoms with Gasteiger partial charge < -0.3 is 15.2 Å². The van der Waals surface area contributed by atoms with Crippen molar-refractivity contribution in [1.29, 1.82) is 0 Å². The molecule has 0 saturated carbocycles. The van der Waals surface area contributed by atoms with Gasteiger partial charge in [-0.25, -0.2) is 4.98 Å². The maximum absolute atomic E-state index is 10.5. The number of aromatic nitrogens is 3. The summed E-state index contributed by atoms with van der Waals surface area (Å²) >= 11 is 0. The zero-order chi connectivity index (χ0) is 20.8. The normalized spacial score (nSPS) is 15.0. The molecule has 0 saturated heterocycles. The molecule has 0 spiro atoms. The van der Waals surface area contributed by atoms with E-state index in [9.17, 15) is 5.11 Å². The number of nitrogens with zero attached hydrogens (tertiary/aromatic N) is 3. The van der Waals surface area contributed by atoms with Gasteiger partial charge in [0, 0.05) is 26.2 Å². The molecule has 1 atom stereocenters. The molecule has 0 fully saturated rings. The number of nitrogens with one attached hydrogen (secondary N) is 2. The fourth-order valence-electron chi connectivity index (χ4n) is 3.79. The van der Waals surface area contributed by atoms with Crippen LogP contribution in [0, 0.1) is 6.92 Å². The third kappa shape index (κ3) is 5.66. The number of hydrogen-bond donors (Lipinski definition) is 3. The highest BCUT2D eigenvalue weighted by Crippen LogP contribution is 2.19. The number of rotatable bonds is 9. The smallest absolute Gasteiger partial charge is 0.164 e. The number of β-amino-alcohol motifs (C(OH)–C–C–N with tert-alkyl or cyclic N) is 1. The van der Waals surface area contributed by atoms with Crippen LogP contribution >= 0.6 is 0 Å². The van der Waals surface area contributed by atoms with E-state index in [2.05, 4.69) is 49.7 Å². The Bertz CT molecular complexity index is 958. The molecule has 30 heavy (non-hydrogen) atoms. The Morgan fingerprint density at radius 2 is 2.03 bits per heavy atom. The topological polar surface area (TPSA) is 86.3 Å². The SMILES string of the molecule is Cc1nc(CNCc2cccc(OCC(O)CN3CCc4ccccc4C3)c2)n[nH]1. The summed E-state index contributed by atoms with van der Waals surface area (Å²) in [4.78, 5) is 6.58. The highest BCUT2D eigenvalue weighted by molar-refractivity contribution is 5.29. The highest BCUT2D eigenvalue weighted by Gasteiger charge is 2.18. The van der Waals surface area contributed by atoms with Crippen LogP contribution in [0.15, 0.2) is 48.5 Å². The van der Waals surface area contributed by atoms with E-state index in [-0.39, 0.29) is 6.61 Å². The third-order valence-corrected chi connectivity index (χ3v) is 5.28. The summed E-state index contributed by atoms with van der Waals surface area (Å²) in [6.07, 6.45) is 0.512. The molecule has 2 heterocycles. The lowest BCUT2D eigenvalue weighted by molar-refractivity contribution is 0.0637. The van der Waals surface area contributed by atoms with E-state index in [1.165, 1.54) is 11.1 Å². The van der Waals surface area contributed by atoms with Crippen LogP contribution in [0.5, 0.6) is 5.75 Å². The summed E-state index contributed by atoms with van der Waals surface area (Å²) in [7, 11) is 0. The molecule has 0 radical (unpaired) electrons. The molecule has 1 aliphatic rings. The van der Waals surface area contributed by atoms with Crippen molar-refractivity contribution in [1.82, 2.24) is 25.4 Å². The van der Waals surface area contributed by atoms with Crippen LogP contribution in [0.3, 0.4) is 0 Å². The first-order valence-corrected chi connectivity index (χ1v) is 10.4.